The standard InChI is InChI=1S/C50H63N7O8/c1-51-47(59)43(6-5-19-58)57-30-34-7-8-36(24-38(34)49(57)61)65-37-26-50(27-37)11-15-55(16-12-50)29-33-9-13-54(14-10-33)32-42-44(62-3)22-35(23-45(42)63-4)41-31-53(2)48(60)40-28-52-46(25-39(40)41)56-17-20-64-21-18-56/h7-8,19,22-25,28,31,33,37,43H,5-6,9-18,20-21,26-27,29-30,32H2,1-4H3,(H,51,59). The summed E-state index contributed by atoms with van der Waals surface area (Å²) in [5, 5.41) is 4.06. The number of carbonyl (C=O) groups is 3. The Morgan fingerprint density at radius 3 is 2.34 bits per heavy atom. The molecule has 2 aromatic carbocycles. The number of amides is 2. The topological polar surface area (TPSA) is 148 Å². The molecule has 1 unspecified atom stereocenters. The Hall–Kier alpha value is -5.51. The van der Waals surface area contributed by atoms with E-state index in [0.717, 1.165) is 129 Å². The number of aryl methyl sites for hydroxylation is 1. The van der Waals surface area contributed by atoms with E-state index >= 15 is 0 Å². The van der Waals surface area contributed by atoms with Crippen molar-refractivity contribution in [1.82, 2.24) is 29.6 Å². The Morgan fingerprint density at radius 1 is 0.938 bits per heavy atom. The predicted molar refractivity (Wildman–Crippen MR) is 248 cm³/mol. The molecule has 1 aliphatic carbocycles. The number of ether oxygens (including phenoxy) is 4. The molecule has 15 nitrogen and oxygen atoms in total. The van der Waals surface area contributed by atoms with Crippen LogP contribution >= 0.6 is 0 Å². The van der Waals surface area contributed by atoms with Crippen molar-refractivity contribution in [3.63, 3.8) is 0 Å². The summed E-state index contributed by atoms with van der Waals surface area (Å²) in [6, 6.07) is 11.2. The van der Waals surface area contributed by atoms with Crippen LogP contribution in [-0.2, 0) is 34.5 Å². The van der Waals surface area contributed by atoms with Crippen LogP contribution in [-0.4, -0.2) is 135 Å². The molecule has 1 spiro atoms. The number of hydrogen-bond acceptors (Lipinski definition) is 12. The number of pyridine rings is 2. The summed E-state index contributed by atoms with van der Waals surface area (Å²) in [5.74, 6) is 3.29. The lowest BCUT2D eigenvalue weighted by atomic mass is 9.61. The highest BCUT2D eigenvalue weighted by atomic mass is 16.5. The first-order valence-corrected chi connectivity index (χ1v) is 23.4. The second-order valence-corrected chi connectivity index (χ2v) is 18.8. The zero-order valence-corrected chi connectivity index (χ0v) is 38.3. The van der Waals surface area contributed by atoms with Crippen LogP contribution in [0.4, 0.5) is 5.82 Å². The molecular weight excluding hydrogens is 827 g/mol. The molecule has 15 heteroatoms. The van der Waals surface area contributed by atoms with E-state index in [4.69, 9.17) is 18.9 Å². The van der Waals surface area contributed by atoms with Gasteiger partial charge in [0.15, 0.2) is 0 Å². The molecule has 4 fully saturated rings. The Bertz CT molecular complexity index is 2440. The summed E-state index contributed by atoms with van der Waals surface area (Å²) >= 11 is 0. The van der Waals surface area contributed by atoms with Crippen molar-refractivity contribution in [2.75, 3.05) is 85.2 Å². The first-order valence-electron chi connectivity index (χ1n) is 23.4. The Morgan fingerprint density at radius 2 is 1.66 bits per heavy atom. The molecule has 0 radical (unpaired) electrons. The number of aromatic nitrogens is 2. The van der Waals surface area contributed by atoms with E-state index in [0.29, 0.717) is 54.2 Å². The monoisotopic (exact) mass is 889 g/mol. The average Bonchev–Trinajstić information content (AvgIpc) is 3.65. The van der Waals surface area contributed by atoms with Crippen molar-refractivity contribution >= 4 is 34.7 Å². The highest BCUT2D eigenvalue weighted by molar-refractivity contribution is 6.01. The molecule has 1 saturated carbocycles. The van der Waals surface area contributed by atoms with Crippen molar-refractivity contribution < 1.29 is 33.3 Å². The fourth-order valence-electron chi connectivity index (χ4n) is 11.0. The molecule has 3 saturated heterocycles. The molecule has 2 aromatic heterocycles. The first-order chi connectivity index (χ1) is 31.6. The van der Waals surface area contributed by atoms with Crippen molar-refractivity contribution in [1.29, 1.82) is 0 Å². The highest BCUT2D eigenvalue weighted by Gasteiger charge is 2.47. The number of carbonyl (C=O) groups excluding carboxylic acids is 3. The molecule has 6 heterocycles. The zero-order chi connectivity index (χ0) is 45.2. The number of hydrogen-bond donors (Lipinski definition) is 1. The van der Waals surface area contributed by atoms with Crippen LogP contribution in [0, 0.1) is 11.3 Å². The number of likely N-dealkylation sites (N-methyl/N-ethyl adjacent to an activating group) is 1. The summed E-state index contributed by atoms with van der Waals surface area (Å²) in [7, 11) is 6.76. The smallest absolute Gasteiger partial charge is 0.259 e. The molecule has 2 amide bonds. The second-order valence-electron chi connectivity index (χ2n) is 18.8. The number of anilines is 1. The van der Waals surface area contributed by atoms with E-state index in [1.54, 1.807) is 44.0 Å². The van der Waals surface area contributed by atoms with Gasteiger partial charge in [0, 0.05) is 82.1 Å². The highest BCUT2D eigenvalue weighted by Crippen LogP contribution is 2.51. The van der Waals surface area contributed by atoms with Gasteiger partial charge in [-0.05, 0) is 124 Å². The van der Waals surface area contributed by atoms with Gasteiger partial charge in [0.05, 0.1) is 44.5 Å². The molecule has 4 aliphatic heterocycles. The number of aldehydes is 1. The van der Waals surface area contributed by atoms with Gasteiger partial charge in [0.1, 0.15) is 35.4 Å². The largest absolute Gasteiger partial charge is 0.496 e. The molecule has 4 aromatic rings. The number of rotatable bonds is 15. The third-order valence-electron chi connectivity index (χ3n) is 14.8. The van der Waals surface area contributed by atoms with Gasteiger partial charge >= 0.3 is 0 Å². The third-order valence-corrected chi connectivity index (χ3v) is 14.8. The first kappa shape index (κ1) is 44.7. The molecule has 9 rings (SSSR count). The predicted octanol–water partition coefficient (Wildman–Crippen LogP) is 5.04. The van der Waals surface area contributed by atoms with E-state index in [2.05, 4.69) is 37.1 Å². The lowest BCUT2D eigenvalue weighted by molar-refractivity contribution is -0.125. The van der Waals surface area contributed by atoms with Crippen LogP contribution in [0.2, 0.25) is 0 Å². The van der Waals surface area contributed by atoms with E-state index in [1.807, 2.05) is 30.5 Å². The van der Waals surface area contributed by atoms with E-state index in [1.165, 1.54) is 12.8 Å². The van der Waals surface area contributed by atoms with Gasteiger partial charge in [-0.3, -0.25) is 19.3 Å². The zero-order valence-electron chi connectivity index (χ0n) is 38.3. The van der Waals surface area contributed by atoms with Crippen molar-refractivity contribution in [2.24, 2.45) is 18.4 Å². The van der Waals surface area contributed by atoms with Crippen LogP contribution < -0.4 is 30.0 Å². The summed E-state index contributed by atoms with van der Waals surface area (Å²) in [6.07, 6.45) is 11.8. The minimum Gasteiger partial charge on any atom is -0.496 e. The number of benzene rings is 2. The summed E-state index contributed by atoms with van der Waals surface area (Å²) < 4.78 is 25.7. The Kier molecular flexibility index (Phi) is 13.2. The number of fused-ring (bicyclic) bond motifs is 2. The molecule has 65 heavy (non-hydrogen) atoms. The molecule has 5 aliphatic rings. The normalized spacial score (nSPS) is 19.8. The maximum Gasteiger partial charge on any atom is 0.259 e. The maximum atomic E-state index is 13.4. The van der Waals surface area contributed by atoms with Crippen LogP contribution in [0.25, 0.3) is 21.9 Å². The number of nitrogens with one attached hydrogen (secondary N) is 1. The van der Waals surface area contributed by atoms with Gasteiger partial charge < -0.3 is 48.3 Å². The third kappa shape index (κ3) is 9.19. The van der Waals surface area contributed by atoms with Gasteiger partial charge in [-0.1, -0.05) is 6.07 Å². The fourth-order valence-corrected chi connectivity index (χ4v) is 11.0. The van der Waals surface area contributed by atoms with E-state index in [9.17, 15) is 19.2 Å². The van der Waals surface area contributed by atoms with Crippen molar-refractivity contribution in [2.45, 2.75) is 76.6 Å². The second kappa shape index (κ2) is 19.1. The van der Waals surface area contributed by atoms with Gasteiger partial charge in [-0.25, -0.2) is 4.98 Å². The Labute approximate surface area is 380 Å². The fraction of sp³-hybridized carbons (Fsp3) is 0.540. The number of piperidine rings is 2. The van der Waals surface area contributed by atoms with Gasteiger partial charge in [0.2, 0.25) is 5.91 Å². The van der Waals surface area contributed by atoms with Crippen LogP contribution in [0.3, 0.4) is 0 Å². The number of morpholine rings is 1. The molecule has 1 atom stereocenters. The van der Waals surface area contributed by atoms with Gasteiger partial charge in [-0.2, -0.15) is 0 Å². The van der Waals surface area contributed by atoms with Crippen LogP contribution in [0.1, 0.15) is 72.9 Å². The maximum absolute atomic E-state index is 13.4. The molecule has 0 bridgehead atoms. The van der Waals surface area contributed by atoms with Crippen molar-refractivity contribution in [3.8, 4) is 28.4 Å². The van der Waals surface area contributed by atoms with Crippen LogP contribution in [0.5, 0.6) is 17.2 Å². The number of likely N-dealkylation sites (tertiary alicyclic amines) is 2. The minimum atomic E-state index is -0.679. The number of methoxy groups -OCH3 is 2. The van der Waals surface area contributed by atoms with Crippen molar-refractivity contribution in [3.05, 3.63) is 75.8 Å². The van der Waals surface area contributed by atoms with E-state index < -0.39 is 6.04 Å². The van der Waals surface area contributed by atoms with Gasteiger partial charge in [0.25, 0.3) is 11.5 Å². The molecule has 1 N–H and O–H groups in total. The minimum absolute atomic E-state index is 0.0855. The lowest BCUT2D eigenvalue weighted by Gasteiger charge is -2.52. The summed E-state index contributed by atoms with van der Waals surface area (Å²) in [4.78, 5) is 63.9. The van der Waals surface area contributed by atoms with Crippen LogP contribution in [0.15, 0.2) is 53.6 Å². The SMILES string of the molecule is CNC(=O)C(CCC=O)N1Cc2ccc(OC3CC4(CCN(CC5CCN(Cc6c(OC)cc(-c7cn(C)c(=O)c8cnc(N9CCOCC9)cc78)cc6OC)CC5)CC4)C3)cc2C1=O. The molecule has 346 valence electrons. The molecular formula is C50H63N7O8. The Balaban J connectivity index is 0.765. The summed E-state index contributed by atoms with van der Waals surface area (Å²) in [5.41, 5.74) is 4.56. The quantitative estimate of drug-likeness (QED) is 0.160. The van der Waals surface area contributed by atoms with Gasteiger partial charge in [-0.15, -0.1) is 0 Å². The van der Waals surface area contributed by atoms with E-state index in [-0.39, 0.29) is 29.9 Å². The summed E-state index contributed by atoms with van der Waals surface area (Å²) in [6.45, 7) is 9.29. The lowest BCUT2D eigenvalue weighted by Crippen LogP contribution is -2.51. The average molecular weight is 890 g/mol. The number of nitrogens with zero attached hydrogens (tertiary/aromatic N) is 6.